The van der Waals surface area contributed by atoms with Crippen LogP contribution in [0.4, 0.5) is 0 Å². The van der Waals surface area contributed by atoms with Crippen molar-refractivity contribution in [1.82, 2.24) is 0 Å². The lowest BCUT2D eigenvalue weighted by Crippen LogP contribution is -2.13. The normalized spacial score (nSPS) is 23.4. The van der Waals surface area contributed by atoms with Gasteiger partial charge in [0.05, 0.1) is 16.1 Å². The highest BCUT2D eigenvalue weighted by molar-refractivity contribution is 7.92. The minimum atomic E-state index is -3.65. The molecule has 0 aliphatic heterocycles. The smallest absolute Gasteiger partial charge is 0.308 e. The molecule has 0 bridgehead atoms. The van der Waals surface area contributed by atoms with Crippen LogP contribution in [-0.4, -0.2) is 24.7 Å². The van der Waals surface area contributed by atoms with Crippen molar-refractivity contribution in [2.45, 2.75) is 29.4 Å². The van der Waals surface area contributed by atoms with Crippen molar-refractivity contribution in [3.05, 3.63) is 65.7 Å². The van der Waals surface area contributed by atoms with Gasteiger partial charge in [0.2, 0.25) is 0 Å². The Bertz CT molecular complexity index is 810. The first-order valence-corrected chi connectivity index (χ1v) is 9.12. The first kappa shape index (κ1) is 15.7. The highest BCUT2D eigenvalue weighted by Gasteiger charge is 2.63. The van der Waals surface area contributed by atoms with Crippen molar-refractivity contribution in [2.24, 2.45) is 5.92 Å². The first-order chi connectivity index (χ1) is 11.0. The standard InChI is InChI=1S/C18H18O4S/c1-2-12-8-10-13(11-9-12)15-16(18(19)20)17(15)23(21,22)14-6-4-3-5-7-14/h3-11,15-17H,2H2,1H3,(H,19,20)/t15-,16+,17+/m1/s1. The van der Waals surface area contributed by atoms with Gasteiger partial charge in [-0.2, -0.15) is 0 Å². The lowest BCUT2D eigenvalue weighted by molar-refractivity contribution is -0.138. The van der Waals surface area contributed by atoms with Gasteiger partial charge in [0, 0.05) is 5.92 Å². The molecule has 1 fully saturated rings. The maximum Gasteiger partial charge on any atom is 0.308 e. The molecule has 4 nitrogen and oxygen atoms in total. The van der Waals surface area contributed by atoms with E-state index in [1.54, 1.807) is 18.2 Å². The summed E-state index contributed by atoms with van der Waals surface area (Å²) in [5.41, 5.74) is 1.92. The Labute approximate surface area is 135 Å². The zero-order valence-electron chi connectivity index (χ0n) is 12.7. The summed E-state index contributed by atoms with van der Waals surface area (Å²) in [6.07, 6.45) is 0.888. The van der Waals surface area contributed by atoms with E-state index in [1.165, 1.54) is 12.1 Å². The van der Waals surface area contributed by atoms with Gasteiger partial charge in [-0.25, -0.2) is 8.42 Å². The van der Waals surface area contributed by atoms with Gasteiger partial charge in [0.1, 0.15) is 0 Å². The zero-order chi connectivity index (χ0) is 16.6. The first-order valence-electron chi connectivity index (χ1n) is 7.57. The van der Waals surface area contributed by atoms with Crippen molar-refractivity contribution in [2.75, 3.05) is 0 Å². The maximum absolute atomic E-state index is 12.8. The van der Waals surface area contributed by atoms with E-state index in [1.807, 2.05) is 31.2 Å². The number of carbonyl (C=O) groups is 1. The van der Waals surface area contributed by atoms with Gasteiger partial charge in [-0.05, 0) is 29.7 Å². The van der Waals surface area contributed by atoms with E-state index in [0.717, 1.165) is 17.5 Å². The van der Waals surface area contributed by atoms with Crippen LogP contribution in [0.15, 0.2) is 59.5 Å². The van der Waals surface area contributed by atoms with Crippen LogP contribution in [-0.2, 0) is 21.1 Å². The van der Waals surface area contributed by atoms with Crippen molar-refractivity contribution in [1.29, 1.82) is 0 Å². The molecule has 1 aliphatic rings. The third-order valence-corrected chi connectivity index (χ3v) is 6.67. The number of carboxylic acid groups (broad SMARTS) is 1. The monoisotopic (exact) mass is 330 g/mol. The largest absolute Gasteiger partial charge is 0.481 e. The Hall–Kier alpha value is -2.14. The van der Waals surface area contributed by atoms with Crippen LogP contribution in [0.1, 0.15) is 24.0 Å². The fourth-order valence-electron chi connectivity index (χ4n) is 3.10. The van der Waals surface area contributed by atoms with E-state index in [-0.39, 0.29) is 4.90 Å². The van der Waals surface area contributed by atoms with E-state index < -0.39 is 32.9 Å². The molecule has 0 amide bonds. The topological polar surface area (TPSA) is 71.4 Å². The number of hydrogen-bond donors (Lipinski definition) is 1. The van der Waals surface area contributed by atoms with Crippen molar-refractivity contribution >= 4 is 15.8 Å². The molecule has 120 valence electrons. The van der Waals surface area contributed by atoms with Crippen molar-refractivity contribution in [3.63, 3.8) is 0 Å². The van der Waals surface area contributed by atoms with Gasteiger partial charge >= 0.3 is 5.97 Å². The third-order valence-electron chi connectivity index (χ3n) is 4.44. The number of hydrogen-bond acceptors (Lipinski definition) is 3. The Morgan fingerprint density at radius 3 is 2.17 bits per heavy atom. The SMILES string of the molecule is CCc1ccc([C@@H]2[C@H](C(=O)O)[C@H]2S(=O)(=O)c2ccccc2)cc1. The van der Waals surface area contributed by atoms with Crippen LogP contribution in [0, 0.1) is 5.92 Å². The van der Waals surface area contributed by atoms with Crippen LogP contribution < -0.4 is 0 Å². The van der Waals surface area contributed by atoms with Crippen LogP contribution >= 0.6 is 0 Å². The number of carboxylic acids is 1. The van der Waals surface area contributed by atoms with Gasteiger partial charge in [-0.1, -0.05) is 49.4 Å². The number of aryl methyl sites for hydroxylation is 1. The van der Waals surface area contributed by atoms with E-state index >= 15 is 0 Å². The summed E-state index contributed by atoms with van der Waals surface area (Å²) in [6, 6.07) is 15.6. The predicted octanol–water partition coefficient (Wildman–Crippen LogP) is 2.89. The highest BCUT2D eigenvalue weighted by Crippen LogP contribution is 2.54. The van der Waals surface area contributed by atoms with E-state index in [9.17, 15) is 18.3 Å². The van der Waals surface area contributed by atoms with Gasteiger partial charge in [0.25, 0.3) is 0 Å². The van der Waals surface area contributed by atoms with E-state index in [2.05, 4.69) is 0 Å². The van der Waals surface area contributed by atoms with Crippen LogP contribution in [0.25, 0.3) is 0 Å². The van der Waals surface area contributed by atoms with Crippen LogP contribution in [0.3, 0.4) is 0 Å². The Morgan fingerprint density at radius 2 is 1.65 bits per heavy atom. The summed E-state index contributed by atoms with van der Waals surface area (Å²) < 4.78 is 25.5. The second-order valence-electron chi connectivity index (χ2n) is 5.81. The average Bonchev–Trinajstić information content (AvgIpc) is 3.32. The molecule has 2 aromatic rings. The van der Waals surface area contributed by atoms with Crippen LogP contribution in [0.2, 0.25) is 0 Å². The summed E-state index contributed by atoms with van der Waals surface area (Å²) in [4.78, 5) is 11.7. The number of benzene rings is 2. The summed E-state index contributed by atoms with van der Waals surface area (Å²) in [7, 11) is -3.65. The van der Waals surface area contributed by atoms with Gasteiger partial charge in [0.15, 0.2) is 9.84 Å². The van der Waals surface area contributed by atoms with Crippen LogP contribution in [0.5, 0.6) is 0 Å². The quantitative estimate of drug-likeness (QED) is 0.915. The molecule has 0 aromatic heterocycles. The molecule has 0 spiro atoms. The maximum atomic E-state index is 12.8. The molecule has 3 atom stereocenters. The van der Waals surface area contributed by atoms with Crippen molar-refractivity contribution in [3.8, 4) is 0 Å². The predicted molar refractivity (Wildman–Crippen MR) is 87.1 cm³/mol. The summed E-state index contributed by atoms with van der Waals surface area (Å²) in [5.74, 6) is -2.42. The molecule has 0 unspecified atom stereocenters. The molecular formula is C18H18O4S. The number of sulfone groups is 1. The average molecular weight is 330 g/mol. The third kappa shape index (κ3) is 2.77. The molecule has 23 heavy (non-hydrogen) atoms. The minimum Gasteiger partial charge on any atom is -0.481 e. The molecule has 0 heterocycles. The zero-order valence-corrected chi connectivity index (χ0v) is 13.5. The lowest BCUT2D eigenvalue weighted by atomic mass is 10.1. The Morgan fingerprint density at radius 1 is 1.04 bits per heavy atom. The lowest BCUT2D eigenvalue weighted by Gasteiger charge is -2.04. The second kappa shape index (κ2) is 5.81. The summed E-state index contributed by atoms with van der Waals surface area (Å²) in [6.45, 7) is 2.04. The molecular weight excluding hydrogens is 312 g/mol. The number of aliphatic carboxylic acids is 1. The Kier molecular flexibility index (Phi) is 3.98. The molecule has 2 aromatic carbocycles. The van der Waals surface area contributed by atoms with Crippen molar-refractivity contribution < 1.29 is 18.3 Å². The fraction of sp³-hybridized carbons (Fsp3) is 0.278. The highest BCUT2D eigenvalue weighted by atomic mass is 32.2. The fourth-order valence-corrected chi connectivity index (χ4v) is 5.25. The molecule has 1 N–H and O–H groups in total. The Balaban J connectivity index is 1.96. The molecule has 3 rings (SSSR count). The molecule has 5 heteroatoms. The van der Waals surface area contributed by atoms with Gasteiger partial charge < -0.3 is 5.11 Å². The minimum absolute atomic E-state index is 0.184. The molecule has 1 aliphatic carbocycles. The summed E-state index contributed by atoms with van der Waals surface area (Å²) in [5, 5.41) is 8.51. The van der Waals surface area contributed by atoms with E-state index in [0.29, 0.717) is 0 Å². The van der Waals surface area contributed by atoms with Gasteiger partial charge in [-0.3, -0.25) is 4.79 Å². The second-order valence-corrected chi connectivity index (χ2v) is 7.91. The number of rotatable bonds is 5. The molecule has 1 saturated carbocycles. The van der Waals surface area contributed by atoms with E-state index in [4.69, 9.17) is 0 Å². The van der Waals surface area contributed by atoms with Gasteiger partial charge in [-0.15, -0.1) is 0 Å². The molecule has 0 saturated heterocycles. The molecule has 0 radical (unpaired) electrons. The summed E-state index contributed by atoms with van der Waals surface area (Å²) >= 11 is 0.